The highest BCUT2D eigenvalue weighted by molar-refractivity contribution is 6.83. The molecule has 0 aliphatic heterocycles. The van der Waals surface area contributed by atoms with Crippen LogP contribution in [0.2, 0.25) is 19.6 Å². The maximum atomic E-state index is 3.45. The molecule has 2 aromatic rings. The average molecular weight is 346 g/mol. The molecule has 2 rings (SSSR count). The van der Waals surface area contributed by atoms with Gasteiger partial charge in [-0.3, -0.25) is 4.90 Å². The molecular formula is C23H27NSi. The Labute approximate surface area is 154 Å². The third kappa shape index (κ3) is 8.41. The van der Waals surface area contributed by atoms with E-state index in [0.717, 1.165) is 31.6 Å². The van der Waals surface area contributed by atoms with E-state index in [1.165, 1.54) is 5.56 Å². The molecule has 0 aliphatic carbocycles. The van der Waals surface area contributed by atoms with E-state index in [9.17, 15) is 0 Å². The van der Waals surface area contributed by atoms with Gasteiger partial charge < -0.3 is 0 Å². The van der Waals surface area contributed by atoms with Gasteiger partial charge in [-0.15, -0.1) is 11.5 Å². The van der Waals surface area contributed by atoms with Crippen molar-refractivity contribution in [1.29, 1.82) is 0 Å². The zero-order chi connectivity index (χ0) is 18.0. The third-order valence-corrected chi connectivity index (χ3v) is 4.50. The van der Waals surface area contributed by atoms with E-state index in [-0.39, 0.29) is 0 Å². The summed E-state index contributed by atoms with van der Waals surface area (Å²) in [7, 11) is -1.28. The smallest absolute Gasteiger partial charge is 0.129 e. The van der Waals surface area contributed by atoms with Crippen LogP contribution in [0.3, 0.4) is 0 Å². The molecule has 0 spiro atoms. The van der Waals surface area contributed by atoms with Gasteiger partial charge in [-0.05, 0) is 17.7 Å². The normalized spacial score (nSPS) is 10.6. The lowest BCUT2D eigenvalue weighted by molar-refractivity contribution is 0.306. The van der Waals surface area contributed by atoms with Crippen LogP contribution < -0.4 is 0 Å². The topological polar surface area (TPSA) is 3.24 Å². The molecule has 0 radical (unpaired) electrons. The number of hydrogen-bond acceptors (Lipinski definition) is 1. The standard InChI is InChI=1S/C23H27NSi/c1-25(2,3)20-11-10-18-24(21-23-15-8-5-9-16-23)19-12-17-22-13-6-4-7-14-22/h4-9,13-16H,10,18-19,21H2,1-3H3. The fourth-order valence-electron chi connectivity index (χ4n) is 2.37. The first-order valence-electron chi connectivity index (χ1n) is 8.83. The first-order valence-corrected chi connectivity index (χ1v) is 12.3. The van der Waals surface area contributed by atoms with Gasteiger partial charge in [-0.25, -0.2) is 0 Å². The lowest BCUT2D eigenvalue weighted by Crippen LogP contribution is -2.25. The Balaban J connectivity index is 1.98. The Morgan fingerprint density at radius 1 is 0.840 bits per heavy atom. The highest BCUT2D eigenvalue weighted by Crippen LogP contribution is 2.05. The monoisotopic (exact) mass is 345 g/mol. The molecule has 0 aliphatic rings. The largest absolute Gasteiger partial charge is 0.287 e. The molecule has 0 atom stereocenters. The van der Waals surface area contributed by atoms with Crippen molar-refractivity contribution in [2.75, 3.05) is 13.1 Å². The molecule has 0 bridgehead atoms. The maximum absolute atomic E-state index is 3.45. The predicted molar refractivity (Wildman–Crippen MR) is 111 cm³/mol. The highest BCUT2D eigenvalue weighted by atomic mass is 28.3. The van der Waals surface area contributed by atoms with E-state index in [2.05, 4.69) is 78.2 Å². The molecule has 128 valence electrons. The van der Waals surface area contributed by atoms with Gasteiger partial charge in [-0.2, -0.15) is 0 Å². The summed E-state index contributed by atoms with van der Waals surface area (Å²) >= 11 is 0. The van der Waals surface area contributed by atoms with Crippen molar-refractivity contribution in [2.45, 2.75) is 32.6 Å². The van der Waals surface area contributed by atoms with Crippen molar-refractivity contribution in [1.82, 2.24) is 4.90 Å². The van der Waals surface area contributed by atoms with Crippen LogP contribution in [0.5, 0.6) is 0 Å². The van der Waals surface area contributed by atoms with Crippen LogP contribution in [-0.2, 0) is 6.54 Å². The molecule has 0 N–H and O–H groups in total. The molecule has 0 fully saturated rings. The summed E-state index contributed by atoms with van der Waals surface area (Å²) in [5, 5.41) is 0. The number of benzene rings is 2. The van der Waals surface area contributed by atoms with Gasteiger partial charge in [0.1, 0.15) is 8.07 Å². The van der Waals surface area contributed by atoms with Crippen LogP contribution in [0.1, 0.15) is 17.5 Å². The number of nitrogens with zero attached hydrogens (tertiary/aromatic N) is 1. The molecule has 0 saturated heterocycles. The van der Waals surface area contributed by atoms with E-state index in [4.69, 9.17) is 0 Å². The second-order valence-electron chi connectivity index (χ2n) is 7.17. The first kappa shape index (κ1) is 19.1. The van der Waals surface area contributed by atoms with Gasteiger partial charge in [0.2, 0.25) is 0 Å². The SMILES string of the molecule is C[Si](C)(C)C#CCCN(CC#Cc1ccccc1)Cc1ccccc1. The average Bonchev–Trinajstić information content (AvgIpc) is 2.59. The Bertz CT molecular complexity index is 752. The maximum Gasteiger partial charge on any atom is 0.129 e. The molecule has 0 unspecified atom stereocenters. The van der Waals surface area contributed by atoms with Crippen molar-refractivity contribution >= 4 is 8.07 Å². The summed E-state index contributed by atoms with van der Waals surface area (Å²) in [6, 6.07) is 20.8. The van der Waals surface area contributed by atoms with Crippen molar-refractivity contribution in [3.05, 3.63) is 71.8 Å². The highest BCUT2D eigenvalue weighted by Gasteiger charge is 2.08. The van der Waals surface area contributed by atoms with E-state index >= 15 is 0 Å². The third-order valence-electron chi connectivity index (χ3n) is 3.57. The van der Waals surface area contributed by atoms with Crippen molar-refractivity contribution in [3.63, 3.8) is 0 Å². The Morgan fingerprint density at radius 3 is 2.12 bits per heavy atom. The predicted octanol–water partition coefficient (Wildman–Crippen LogP) is 4.81. The fraction of sp³-hybridized carbons (Fsp3) is 0.304. The van der Waals surface area contributed by atoms with Gasteiger partial charge in [0.25, 0.3) is 0 Å². The minimum Gasteiger partial charge on any atom is -0.287 e. The first-order chi connectivity index (χ1) is 12.0. The zero-order valence-corrected chi connectivity index (χ0v) is 16.5. The summed E-state index contributed by atoms with van der Waals surface area (Å²) < 4.78 is 0. The lowest BCUT2D eigenvalue weighted by Gasteiger charge is -2.18. The van der Waals surface area contributed by atoms with Gasteiger partial charge in [0.15, 0.2) is 0 Å². The van der Waals surface area contributed by atoms with Gasteiger partial charge in [0, 0.05) is 25.1 Å². The molecule has 1 nitrogen and oxygen atoms in total. The second kappa shape index (κ2) is 9.89. The fourth-order valence-corrected chi connectivity index (χ4v) is 3.03. The molecule has 0 aromatic heterocycles. The van der Waals surface area contributed by atoms with Crippen molar-refractivity contribution < 1.29 is 0 Å². The van der Waals surface area contributed by atoms with Crippen molar-refractivity contribution in [2.24, 2.45) is 0 Å². The quantitative estimate of drug-likeness (QED) is 0.555. The molecule has 2 aromatic carbocycles. The summed E-state index contributed by atoms with van der Waals surface area (Å²) in [4.78, 5) is 2.38. The zero-order valence-electron chi connectivity index (χ0n) is 15.5. The van der Waals surface area contributed by atoms with Crippen LogP contribution in [0.15, 0.2) is 60.7 Å². The van der Waals surface area contributed by atoms with Crippen LogP contribution >= 0.6 is 0 Å². The van der Waals surface area contributed by atoms with E-state index < -0.39 is 8.07 Å². The van der Waals surface area contributed by atoms with Gasteiger partial charge >= 0.3 is 0 Å². The number of hydrogen-bond donors (Lipinski definition) is 0. The summed E-state index contributed by atoms with van der Waals surface area (Å²) in [5.41, 5.74) is 5.84. The summed E-state index contributed by atoms with van der Waals surface area (Å²) in [6.45, 7) is 9.49. The van der Waals surface area contributed by atoms with Crippen molar-refractivity contribution in [3.8, 4) is 23.3 Å². The van der Waals surface area contributed by atoms with Crippen LogP contribution in [0.4, 0.5) is 0 Å². The molecule has 0 amide bonds. The Morgan fingerprint density at radius 2 is 1.48 bits per heavy atom. The molecule has 25 heavy (non-hydrogen) atoms. The van der Waals surface area contributed by atoms with Crippen LogP contribution in [0, 0.1) is 23.3 Å². The van der Waals surface area contributed by atoms with Gasteiger partial charge in [0.05, 0.1) is 6.54 Å². The lowest BCUT2D eigenvalue weighted by atomic mass is 10.2. The molecular weight excluding hydrogens is 318 g/mol. The Kier molecular flexibility index (Phi) is 7.55. The molecule has 2 heteroatoms. The van der Waals surface area contributed by atoms with Crippen LogP contribution in [0.25, 0.3) is 0 Å². The molecule has 0 heterocycles. The van der Waals surface area contributed by atoms with E-state index in [1.807, 2.05) is 30.3 Å². The summed E-state index contributed by atoms with van der Waals surface area (Å²) in [6.07, 6.45) is 0.907. The summed E-state index contributed by atoms with van der Waals surface area (Å²) in [5.74, 6) is 9.94. The van der Waals surface area contributed by atoms with Gasteiger partial charge in [-0.1, -0.05) is 80.0 Å². The molecule has 0 saturated carbocycles. The van der Waals surface area contributed by atoms with Crippen LogP contribution in [-0.4, -0.2) is 26.1 Å². The Hall–Kier alpha value is -2.26. The number of rotatable bonds is 5. The van der Waals surface area contributed by atoms with E-state index in [1.54, 1.807) is 0 Å². The van der Waals surface area contributed by atoms with E-state index in [0.29, 0.717) is 0 Å². The second-order valence-corrected chi connectivity index (χ2v) is 11.9. The minimum atomic E-state index is -1.28. The minimum absolute atomic E-state index is 0.762.